The molecular formula is C23H24N8O5. The van der Waals surface area contributed by atoms with Gasteiger partial charge in [-0.3, -0.25) is 4.79 Å². The Balaban J connectivity index is 1.70. The number of nitrogens with one attached hydrogen (secondary N) is 1. The Hall–Kier alpha value is -4.94. The molecule has 4 aromatic rings. The van der Waals surface area contributed by atoms with Crippen molar-refractivity contribution in [2.75, 3.05) is 26.6 Å². The van der Waals surface area contributed by atoms with Crippen molar-refractivity contribution in [3.8, 4) is 34.3 Å². The van der Waals surface area contributed by atoms with Crippen LogP contribution in [0.25, 0.3) is 17.1 Å². The molecule has 3 N–H and O–H groups in total. The van der Waals surface area contributed by atoms with Gasteiger partial charge in [-0.2, -0.15) is 9.78 Å². The smallest absolute Gasteiger partial charge is 0.294 e. The molecule has 0 atom stereocenters. The Morgan fingerprint density at radius 1 is 1.14 bits per heavy atom. The number of benzene rings is 2. The average molecular weight is 492 g/mol. The monoisotopic (exact) mass is 492 g/mol. The van der Waals surface area contributed by atoms with Gasteiger partial charge in [-0.25, -0.2) is 10.1 Å². The lowest BCUT2D eigenvalue weighted by molar-refractivity contribution is 0.0950. The predicted molar refractivity (Wildman–Crippen MR) is 129 cm³/mol. The fraction of sp³-hybridized carbons (Fsp3) is 0.217. The largest absolute Gasteiger partial charge is 0.494 e. The lowest BCUT2D eigenvalue weighted by atomic mass is 10.1. The number of nitrogens with zero attached hydrogens (tertiary/aromatic N) is 6. The van der Waals surface area contributed by atoms with E-state index in [-0.39, 0.29) is 17.3 Å². The summed E-state index contributed by atoms with van der Waals surface area (Å²) in [5.41, 5.74) is 10.5. The van der Waals surface area contributed by atoms with E-state index in [1.165, 1.54) is 4.68 Å². The first-order valence-electron chi connectivity index (χ1n) is 10.8. The second-order valence-corrected chi connectivity index (χ2v) is 7.34. The summed E-state index contributed by atoms with van der Waals surface area (Å²) >= 11 is 0. The first kappa shape index (κ1) is 24.2. The maximum Gasteiger partial charge on any atom is 0.294 e. The van der Waals surface area contributed by atoms with Gasteiger partial charge in [-0.15, -0.1) is 5.10 Å². The third kappa shape index (κ3) is 4.80. The molecule has 2 aromatic carbocycles. The zero-order chi connectivity index (χ0) is 25.7. The highest BCUT2D eigenvalue weighted by molar-refractivity contribution is 6.02. The summed E-state index contributed by atoms with van der Waals surface area (Å²) in [7, 11) is 3.09. The standard InChI is InChI=1S/C23H24N8O5/c1-5-35-16-8-6-7-15(11-16)20-19(26-30-31(20)22-21(24)28-36-29-22)23(32)27-25-13(2)14-9-10-17(33-3)18(12-14)34-4/h6-12H,5H2,1-4H3,(H2,24,28)(H,27,32)/b25-13-. The second kappa shape index (κ2) is 10.5. The highest BCUT2D eigenvalue weighted by atomic mass is 16.6. The Labute approximate surface area is 205 Å². The van der Waals surface area contributed by atoms with Gasteiger partial charge in [0.05, 0.1) is 26.5 Å². The minimum atomic E-state index is -0.604. The van der Waals surface area contributed by atoms with E-state index in [1.807, 2.05) is 6.92 Å². The minimum absolute atomic E-state index is 0.0172. The number of nitrogen functional groups attached to an aromatic ring is 1. The number of carbonyl (C=O) groups excluding carboxylic acids is 1. The third-order valence-corrected chi connectivity index (χ3v) is 5.13. The molecule has 13 heteroatoms. The van der Waals surface area contributed by atoms with Gasteiger partial charge in [0, 0.05) is 11.1 Å². The van der Waals surface area contributed by atoms with Gasteiger partial charge >= 0.3 is 0 Å². The molecule has 13 nitrogen and oxygen atoms in total. The van der Waals surface area contributed by atoms with Crippen molar-refractivity contribution in [3.05, 3.63) is 53.7 Å². The van der Waals surface area contributed by atoms with E-state index in [0.717, 1.165) is 5.56 Å². The number of methoxy groups -OCH3 is 2. The van der Waals surface area contributed by atoms with Crippen LogP contribution in [-0.4, -0.2) is 57.8 Å². The molecule has 2 aromatic heterocycles. The molecular weight excluding hydrogens is 468 g/mol. The van der Waals surface area contributed by atoms with E-state index in [4.69, 9.17) is 24.6 Å². The molecule has 0 unspecified atom stereocenters. The number of rotatable bonds is 9. The van der Waals surface area contributed by atoms with Crippen molar-refractivity contribution in [1.29, 1.82) is 0 Å². The van der Waals surface area contributed by atoms with Crippen LogP contribution in [0.4, 0.5) is 5.82 Å². The van der Waals surface area contributed by atoms with Crippen molar-refractivity contribution in [3.63, 3.8) is 0 Å². The van der Waals surface area contributed by atoms with Gasteiger partial charge in [0.15, 0.2) is 17.2 Å². The number of aromatic nitrogens is 5. The molecule has 0 bridgehead atoms. The zero-order valence-electron chi connectivity index (χ0n) is 20.1. The van der Waals surface area contributed by atoms with Crippen molar-refractivity contribution < 1.29 is 23.6 Å². The number of hydrogen-bond donors (Lipinski definition) is 2. The normalized spacial score (nSPS) is 11.3. The fourth-order valence-corrected chi connectivity index (χ4v) is 3.39. The molecule has 0 aliphatic heterocycles. The number of nitrogens with two attached hydrogens (primary N) is 1. The van der Waals surface area contributed by atoms with E-state index in [2.05, 4.69) is 31.2 Å². The van der Waals surface area contributed by atoms with Crippen molar-refractivity contribution >= 4 is 17.4 Å². The van der Waals surface area contributed by atoms with Crippen LogP contribution in [0.3, 0.4) is 0 Å². The molecule has 0 radical (unpaired) electrons. The molecule has 4 rings (SSSR count). The highest BCUT2D eigenvalue weighted by Crippen LogP contribution is 2.30. The molecule has 2 heterocycles. The van der Waals surface area contributed by atoms with Crippen LogP contribution in [0, 0.1) is 0 Å². The van der Waals surface area contributed by atoms with E-state index in [1.54, 1.807) is 63.6 Å². The molecule has 36 heavy (non-hydrogen) atoms. The van der Waals surface area contributed by atoms with Crippen LogP contribution in [0.5, 0.6) is 17.2 Å². The Morgan fingerprint density at radius 3 is 2.64 bits per heavy atom. The highest BCUT2D eigenvalue weighted by Gasteiger charge is 2.25. The summed E-state index contributed by atoms with van der Waals surface area (Å²) < 4.78 is 22.2. The third-order valence-electron chi connectivity index (χ3n) is 5.13. The topological polar surface area (TPSA) is 165 Å². The zero-order valence-corrected chi connectivity index (χ0v) is 20.1. The van der Waals surface area contributed by atoms with Crippen LogP contribution in [0.2, 0.25) is 0 Å². The summed E-state index contributed by atoms with van der Waals surface area (Å²) in [6, 6.07) is 12.4. The number of carbonyl (C=O) groups is 1. The van der Waals surface area contributed by atoms with Crippen LogP contribution < -0.4 is 25.4 Å². The summed E-state index contributed by atoms with van der Waals surface area (Å²) in [6.07, 6.45) is 0. The lowest BCUT2D eigenvalue weighted by Gasteiger charge is -2.10. The number of hydrogen-bond acceptors (Lipinski definition) is 11. The molecule has 0 spiro atoms. The predicted octanol–water partition coefficient (Wildman–Crippen LogP) is 2.47. The number of anilines is 1. The first-order chi connectivity index (χ1) is 17.5. The van der Waals surface area contributed by atoms with Crippen molar-refractivity contribution in [2.45, 2.75) is 13.8 Å². The van der Waals surface area contributed by atoms with Crippen LogP contribution >= 0.6 is 0 Å². The summed E-state index contributed by atoms with van der Waals surface area (Å²) in [5.74, 6) is 1.18. The van der Waals surface area contributed by atoms with E-state index in [9.17, 15) is 4.79 Å². The number of ether oxygens (including phenoxy) is 3. The van der Waals surface area contributed by atoms with Gasteiger partial charge in [-0.1, -0.05) is 17.3 Å². The maximum absolute atomic E-state index is 13.2. The Bertz CT molecular complexity index is 1410. The van der Waals surface area contributed by atoms with Crippen molar-refractivity contribution in [2.24, 2.45) is 5.10 Å². The van der Waals surface area contributed by atoms with Gasteiger partial charge in [0.1, 0.15) is 11.4 Å². The number of hydrazone groups is 1. The second-order valence-electron chi connectivity index (χ2n) is 7.34. The van der Waals surface area contributed by atoms with Gasteiger partial charge in [-0.05, 0) is 54.5 Å². The SMILES string of the molecule is CCOc1cccc(-c2c(C(=O)N/N=C(/C)c3ccc(OC)c(OC)c3)nnn2-c2nonc2N)c1. The van der Waals surface area contributed by atoms with Crippen LogP contribution in [0.1, 0.15) is 29.9 Å². The number of amides is 1. The van der Waals surface area contributed by atoms with Gasteiger partial charge < -0.3 is 19.9 Å². The molecule has 186 valence electrons. The molecule has 0 fully saturated rings. The molecule has 1 amide bonds. The molecule has 0 aliphatic carbocycles. The Kier molecular flexibility index (Phi) is 7.09. The maximum atomic E-state index is 13.2. The Morgan fingerprint density at radius 2 is 1.94 bits per heavy atom. The first-order valence-corrected chi connectivity index (χ1v) is 10.8. The quantitative estimate of drug-likeness (QED) is 0.262. The van der Waals surface area contributed by atoms with Crippen LogP contribution in [0.15, 0.2) is 52.2 Å². The summed E-state index contributed by atoms with van der Waals surface area (Å²) in [6.45, 7) is 4.09. The van der Waals surface area contributed by atoms with E-state index < -0.39 is 5.91 Å². The van der Waals surface area contributed by atoms with Crippen molar-refractivity contribution in [1.82, 2.24) is 30.7 Å². The molecule has 0 saturated heterocycles. The molecule has 0 saturated carbocycles. The van der Waals surface area contributed by atoms with Gasteiger partial charge in [0.2, 0.25) is 11.6 Å². The summed E-state index contributed by atoms with van der Waals surface area (Å²) in [4.78, 5) is 13.2. The fourth-order valence-electron chi connectivity index (χ4n) is 3.39. The van der Waals surface area contributed by atoms with Gasteiger partial charge in [0.25, 0.3) is 5.91 Å². The molecule has 0 aliphatic rings. The van der Waals surface area contributed by atoms with E-state index in [0.29, 0.717) is 40.8 Å². The summed E-state index contributed by atoms with van der Waals surface area (Å²) in [5, 5.41) is 19.7. The minimum Gasteiger partial charge on any atom is -0.494 e. The van der Waals surface area contributed by atoms with Crippen LogP contribution in [-0.2, 0) is 0 Å². The van der Waals surface area contributed by atoms with E-state index >= 15 is 0 Å². The average Bonchev–Trinajstić information content (AvgIpc) is 3.53. The lowest BCUT2D eigenvalue weighted by Crippen LogP contribution is -2.21.